The molecular weight excluding hydrogens is 254 g/mol. The van der Waals surface area contributed by atoms with Gasteiger partial charge >= 0.3 is 0 Å². The Morgan fingerprint density at radius 2 is 1.52 bits per heavy atom. The number of hydrogen-bond acceptors (Lipinski definition) is 1. The lowest BCUT2D eigenvalue weighted by molar-refractivity contribution is 0.444. The van der Waals surface area contributed by atoms with Crippen LogP contribution in [0.15, 0.2) is 53.5 Å². The predicted octanol–water partition coefficient (Wildman–Crippen LogP) is 5.41. The van der Waals surface area contributed by atoms with Gasteiger partial charge in [-0.15, -0.1) is 0 Å². The second kappa shape index (κ2) is 6.71. The first-order valence-electron chi connectivity index (χ1n) is 8.03. The normalized spacial score (nSPS) is 16.4. The van der Waals surface area contributed by atoms with E-state index in [1.165, 1.54) is 54.4 Å². The summed E-state index contributed by atoms with van der Waals surface area (Å²) in [5.74, 6) is 0. The van der Waals surface area contributed by atoms with Crippen LogP contribution in [0, 0.1) is 6.92 Å². The third-order valence-electron chi connectivity index (χ3n) is 4.40. The van der Waals surface area contributed by atoms with Crippen LogP contribution in [0.1, 0.15) is 43.2 Å². The van der Waals surface area contributed by atoms with Gasteiger partial charge in [-0.05, 0) is 36.5 Å². The van der Waals surface area contributed by atoms with E-state index in [-0.39, 0.29) is 0 Å². The van der Waals surface area contributed by atoms with Crippen molar-refractivity contribution in [3.63, 3.8) is 0 Å². The molecule has 21 heavy (non-hydrogen) atoms. The first-order chi connectivity index (χ1) is 10.3. The lowest BCUT2D eigenvalue weighted by atomic mass is 9.95. The molecule has 0 spiro atoms. The van der Waals surface area contributed by atoms with E-state index in [9.17, 15) is 0 Å². The molecule has 0 aromatic heterocycles. The van der Waals surface area contributed by atoms with Gasteiger partial charge < -0.3 is 0 Å². The van der Waals surface area contributed by atoms with E-state index in [0.717, 1.165) is 0 Å². The lowest BCUT2D eigenvalue weighted by Crippen LogP contribution is -2.09. The number of aryl methyl sites for hydroxylation is 1. The fourth-order valence-electron chi connectivity index (χ4n) is 3.15. The quantitative estimate of drug-likeness (QED) is 0.665. The highest BCUT2D eigenvalue weighted by Crippen LogP contribution is 2.26. The van der Waals surface area contributed by atoms with Crippen LogP contribution in [-0.2, 0) is 0 Å². The average molecular weight is 277 g/mol. The van der Waals surface area contributed by atoms with Crippen molar-refractivity contribution in [3.05, 3.63) is 59.7 Å². The Morgan fingerprint density at radius 3 is 2.29 bits per heavy atom. The zero-order chi connectivity index (χ0) is 14.5. The summed E-state index contributed by atoms with van der Waals surface area (Å²) < 4.78 is 0. The van der Waals surface area contributed by atoms with Crippen molar-refractivity contribution >= 4 is 6.21 Å². The van der Waals surface area contributed by atoms with E-state index in [1.807, 2.05) is 0 Å². The van der Waals surface area contributed by atoms with Crippen LogP contribution in [-0.4, -0.2) is 12.3 Å². The van der Waals surface area contributed by atoms with Crippen molar-refractivity contribution in [2.45, 2.75) is 45.1 Å². The second-order valence-electron chi connectivity index (χ2n) is 5.97. The summed E-state index contributed by atoms with van der Waals surface area (Å²) in [6.45, 7) is 2.17. The first kappa shape index (κ1) is 14.1. The molecule has 2 aromatic carbocycles. The lowest BCUT2D eigenvalue weighted by Gasteiger charge is -2.17. The van der Waals surface area contributed by atoms with E-state index in [4.69, 9.17) is 4.99 Å². The molecule has 0 amide bonds. The van der Waals surface area contributed by atoms with Crippen LogP contribution in [0.5, 0.6) is 0 Å². The van der Waals surface area contributed by atoms with Crippen molar-refractivity contribution in [3.8, 4) is 11.1 Å². The molecular formula is C20H23N. The fourth-order valence-corrected chi connectivity index (χ4v) is 3.15. The molecule has 2 aromatic rings. The molecule has 0 bridgehead atoms. The standard InChI is InChI=1S/C20H23N/c1-16-9-5-7-13-19(16)20-14-8-6-10-17(20)15-21-18-11-3-2-4-12-18/h5-10,13-15,18H,2-4,11-12H2,1H3. The monoisotopic (exact) mass is 277 g/mol. The maximum Gasteiger partial charge on any atom is 0.0499 e. The molecule has 1 fully saturated rings. The van der Waals surface area contributed by atoms with Gasteiger partial charge in [0.1, 0.15) is 0 Å². The van der Waals surface area contributed by atoms with E-state index in [1.54, 1.807) is 0 Å². The van der Waals surface area contributed by atoms with Gasteiger partial charge in [0, 0.05) is 17.8 Å². The Balaban J connectivity index is 1.89. The molecule has 0 atom stereocenters. The highest BCUT2D eigenvalue weighted by molar-refractivity contribution is 5.91. The van der Waals surface area contributed by atoms with E-state index in [2.05, 4.69) is 61.7 Å². The third-order valence-corrected chi connectivity index (χ3v) is 4.40. The van der Waals surface area contributed by atoms with Crippen LogP contribution in [0.2, 0.25) is 0 Å². The van der Waals surface area contributed by atoms with Gasteiger partial charge in [0.15, 0.2) is 0 Å². The van der Waals surface area contributed by atoms with E-state index in [0.29, 0.717) is 6.04 Å². The van der Waals surface area contributed by atoms with Crippen molar-refractivity contribution in [2.75, 3.05) is 0 Å². The minimum absolute atomic E-state index is 0.531. The Morgan fingerprint density at radius 1 is 0.857 bits per heavy atom. The number of nitrogens with zero attached hydrogens (tertiary/aromatic N) is 1. The zero-order valence-corrected chi connectivity index (χ0v) is 12.8. The summed E-state index contributed by atoms with van der Waals surface area (Å²) >= 11 is 0. The summed E-state index contributed by atoms with van der Waals surface area (Å²) in [6.07, 6.45) is 8.65. The number of aliphatic imine (C=N–C) groups is 1. The molecule has 0 N–H and O–H groups in total. The van der Waals surface area contributed by atoms with Crippen LogP contribution < -0.4 is 0 Å². The van der Waals surface area contributed by atoms with Crippen molar-refractivity contribution in [2.24, 2.45) is 4.99 Å². The second-order valence-corrected chi connectivity index (χ2v) is 5.97. The zero-order valence-electron chi connectivity index (χ0n) is 12.8. The van der Waals surface area contributed by atoms with Crippen LogP contribution in [0.3, 0.4) is 0 Å². The van der Waals surface area contributed by atoms with E-state index < -0.39 is 0 Å². The van der Waals surface area contributed by atoms with Crippen LogP contribution in [0.4, 0.5) is 0 Å². The number of hydrogen-bond donors (Lipinski definition) is 0. The molecule has 3 rings (SSSR count). The highest BCUT2D eigenvalue weighted by atomic mass is 14.8. The smallest absolute Gasteiger partial charge is 0.0499 e. The first-order valence-corrected chi connectivity index (χ1v) is 8.03. The highest BCUT2D eigenvalue weighted by Gasteiger charge is 2.11. The van der Waals surface area contributed by atoms with Crippen molar-refractivity contribution in [1.82, 2.24) is 0 Å². The molecule has 1 saturated carbocycles. The Labute approximate surface area is 127 Å². The topological polar surface area (TPSA) is 12.4 Å². The number of benzene rings is 2. The van der Waals surface area contributed by atoms with Crippen molar-refractivity contribution < 1.29 is 0 Å². The molecule has 108 valence electrons. The van der Waals surface area contributed by atoms with Gasteiger partial charge in [-0.1, -0.05) is 67.8 Å². The minimum atomic E-state index is 0.531. The summed E-state index contributed by atoms with van der Waals surface area (Å²) in [6, 6.07) is 17.7. The van der Waals surface area contributed by atoms with E-state index >= 15 is 0 Å². The van der Waals surface area contributed by atoms with Crippen LogP contribution in [0.25, 0.3) is 11.1 Å². The van der Waals surface area contributed by atoms with Gasteiger partial charge in [-0.2, -0.15) is 0 Å². The van der Waals surface area contributed by atoms with Gasteiger partial charge in [0.2, 0.25) is 0 Å². The van der Waals surface area contributed by atoms with Gasteiger partial charge in [0.05, 0.1) is 0 Å². The summed E-state index contributed by atoms with van der Waals surface area (Å²) in [5, 5.41) is 0. The molecule has 1 aliphatic rings. The predicted molar refractivity (Wildman–Crippen MR) is 91.1 cm³/mol. The Hall–Kier alpha value is -1.89. The molecule has 1 heteroatoms. The molecule has 0 heterocycles. The van der Waals surface area contributed by atoms with Crippen molar-refractivity contribution in [1.29, 1.82) is 0 Å². The molecule has 0 unspecified atom stereocenters. The third kappa shape index (κ3) is 3.41. The SMILES string of the molecule is Cc1ccccc1-c1ccccc1C=NC1CCCCC1. The summed E-state index contributed by atoms with van der Waals surface area (Å²) in [5.41, 5.74) is 5.15. The molecule has 1 aliphatic carbocycles. The largest absolute Gasteiger partial charge is 0.289 e. The fraction of sp³-hybridized carbons (Fsp3) is 0.350. The van der Waals surface area contributed by atoms with Gasteiger partial charge in [0.25, 0.3) is 0 Å². The Kier molecular flexibility index (Phi) is 4.49. The molecule has 0 radical (unpaired) electrons. The van der Waals surface area contributed by atoms with Gasteiger partial charge in [-0.3, -0.25) is 4.99 Å². The Bertz CT molecular complexity index is 621. The summed E-state index contributed by atoms with van der Waals surface area (Å²) in [4.78, 5) is 4.84. The molecule has 0 saturated heterocycles. The van der Waals surface area contributed by atoms with Crippen LogP contribution >= 0.6 is 0 Å². The number of rotatable bonds is 3. The molecule has 1 nitrogen and oxygen atoms in total. The average Bonchev–Trinajstić information content (AvgIpc) is 2.55. The maximum atomic E-state index is 4.84. The maximum absolute atomic E-state index is 4.84. The summed E-state index contributed by atoms with van der Waals surface area (Å²) in [7, 11) is 0. The molecule has 0 aliphatic heterocycles. The van der Waals surface area contributed by atoms with Gasteiger partial charge in [-0.25, -0.2) is 0 Å². The minimum Gasteiger partial charge on any atom is -0.289 e.